The minimum absolute atomic E-state index is 0.117. The Morgan fingerprint density at radius 1 is 1.25 bits per heavy atom. The molecule has 2 aliphatic heterocycles. The fraction of sp³-hybridized carbons (Fsp3) is 0.565. The van der Waals surface area contributed by atoms with Gasteiger partial charge in [0, 0.05) is 35.6 Å². The van der Waals surface area contributed by atoms with Crippen LogP contribution in [0.1, 0.15) is 62.5 Å². The zero-order valence-corrected chi connectivity index (χ0v) is 16.6. The van der Waals surface area contributed by atoms with Crippen LogP contribution in [0.5, 0.6) is 0 Å². The predicted molar refractivity (Wildman–Crippen MR) is 107 cm³/mol. The molecule has 2 N–H and O–H groups in total. The number of hydrogen-bond donors (Lipinski definition) is 2. The number of amides is 1. The molecule has 4 fully saturated rings. The lowest BCUT2D eigenvalue weighted by Crippen LogP contribution is -2.65. The van der Waals surface area contributed by atoms with E-state index in [-0.39, 0.29) is 23.9 Å². The summed E-state index contributed by atoms with van der Waals surface area (Å²) in [6.45, 7) is 4.24. The molecule has 0 radical (unpaired) electrons. The lowest BCUT2D eigenvalue weighted by Gasteiger charge is -2.60. The van der Waals surface area contributed by atoms with Crippen molar-refractivity contribution < 1.29 is 14.7 Å². The Morgan fingerprint density at radius 2 is 1.96 bits per heavy atom. The zero-order valence-electron chi connectivity index (χ0n) is 16.6. The van der Waals surface area contributed by atoms with E-state index in [0.717, 1.165) is 24.8 Å². The highest BCUT2D eigenvalue weighted by atomic mass is 16.4. The van der Waals surface area contributed by atoms with Crippen molar-refractivity contribution in [2.75, 3.05) is 0 Å². The van der Waals surface area contributed by atoms with Crippen LogP contribution in [0, 0.1) is 18.3 Å². The lowest BCUT2D eigenvalue weighted by atomic mass is 9.55. The molecule has 1 amide bonds. The summed E-state index contributed by atoms with van der Waals surface area (Å²) in [6.07, 6.45) is 6.58. The second-order valence-corrected chi connectivity index (χ2v) is 9.49. The zero-order chi connectivity index (χ0) is 19.6. The maximum Gasteiger partial charge on any atom is 0.309 e. The lowest BCUT2D eigenvalue weighted by molar-refractivity contribution is -0.178. The Balaban J connectivity index is 1.37. The maximum absolute atomic E-state index is 13.3. The monoisotopic (exact) mass is 380 g/mol. The average molecular weight is 380 g/mol. The summed E-state index contributed by atoms with van der Waals surface area (Å²) in [5.74, 6) is 0.158. The molecule has 5 nitrogen and oxygen atoms in total. The number of aromatic nitrogens is 1. The van der Waals surface area contributed by atoms with Gasteiger partial charge < -0.3 is 15.0 Å². The molecule has 3 unspecified atom stereocenters. The molecule has 3 atom stereocenters. The number of carbonyl (C=O) groups is 2. The standard InChI is InChI=1S/C23H28N2O3/c1-13-4-3-5-19-21(13)18(12-24-19)14(2)6-20(26)25-16-7-15-8-17(25)11-23(9-15,10-16)22(27)28/h3-5,12,14-17,24H,6-11H2,1-2H3,(H,27,28). The molecule has 28 heavy (non-hydrogen) atoms. The number of carbonyl (C=O) groups excluding carboxylic acids is 1. The van der Waals surface area contributed by atoms with Crippen molar-refractivity contribution in [2.45, 2.75) is 70.4 Å². The van der Waals surface area contributed by atoms with Gasteiger partial charge in [0.15, 0.2) is 0 Å². The Morgan fingerprint density at radius 3 is 2.64 bits per heavy atom. The van der Waals surface area contributed by atoms with Gasteiger partial charge in [-0.2, -0.15) is 0 Å². The minimum atomic E-state index is -0.651. The van der Waals surface area contributed by atoms with E-state index in [9.17, 15) is 14.7 Å². The maximum atomic E-state index is 13.3. The summed E-state index contributed by atoms with van der Waals surface area (Å²) in [6, 6.07) is 6.47. The van der Waals surface area contributed by atoms with Crippen molar-refractivity contribution in [3.05, 3.63) is 35.5 Å². The largest absolute Gasteiger partial charge is 0.481 e. The minimum Gasteiger partial charge on any atom is -0.481 e. The quantitative estimate of drug-likeness (QED) is 0.834. The number of carboxylic acids is 1. The third kappa shape index (κ3) is 2.51. The first kappa shape index (κ1) is 17.8. The number of nitrogens with one attached hydrogen (secondary N) is 1. The third-order valence-electron chi connectivity index (χ3n) is 7.63. The van der Waals surface area contributed by atoms with E-state index < -0.39 is 11.4 Å². The van der Waals surface area contributed by atoms with E-state index in [2.05, 4.69) is 35.9 Å². The summed E-state index contributed by atoms with van der Waals surface area (Å²) in [5, 5.41) is 11.0. The molecule has 2 aliphatic carbocycles. The normalized spacial score (nSPS) is 32.1. The van der Waals surface area contributed by atoms with Crippen molar-refractivity contribution in [3.8, 4) is 0 Å². The highest BCUT2D eigenvalue weighted by Crippen LogP contribution is 2.56. The van der Waals surface area contributed by atoms with E-state index in [1.165, 1.54) is 16.5 Å². The average Bonchev–Trinajstić information content (AvgIpc) is 3.06. The molecule has 148 valence electrons. The number of rotatable bonds is 4. The van der Waals surface area contributed by atoms with E-state index >= 15 is 0 Å². The van der Waals surface area contributed by atoms with Crippen LogP contribution in [0.2, 0.25) is 0 Å². The predicted octanol–water partition coefficient (Wildman–Crippen LogP) is 4.21. The van der Waals surface area contributed by atoms with Crippen molar-refractivity contribution >= 4 is 22.8 Å². The second kappa shape index (κ2) is 6.10. The molecule has 5 heteroatoms. The van der Waals surface area contributed by atoms with Crippen LogP contribution >= 0.6 is 0 Å². The van der Waals surface area contributed by atoms with Crippen LogP contribution in [0.25, 0.3) is 10.9 Å². The first-order valence-corrected chi connectivity index (χ1v) is 10.5. The SMILES string of the molecule is Cc1cccc2[nH]cc(C(C)CC(=O)N3C4CC5CC3CC(C(=O)O)(C5)C4)c12. The van der Waals surface area contributed by atoms with Gasteiger partial charge in [0.05, 0.1) is 5.41 Å². The second-order valence-electron chi connectivity index (χ2n) is 9.49. The van der Waals surface area contributed by atoms with Gasteiger partial charge in [0.1, 0.15) is 0 Å². The van der Waals surface area contributed by atoms with Gasteiger partial charge in [-0.05, 0) is 68.1 Å². The van der Waals surface area contributed by atoms with E-state index in [0.29, 0.717) is 25.2 Å². The molecule has 2 aromatic rings. The summed E-state index contributed by atoms with van der Waals surface area (Å²) in [7, 11) is 0. The molecule has 1 aromatic carbocycles. The Labute approximate surface area is 165 Å². The molecule has 3 heterocycles. The van der Waals surface area contributed by atoms with Gasteiger partial charge >= 0.3 is 5.97 Å². The number of aromatic amines is 1. The number of carboxylic acid groups (broad SMARTS) is 1. The first-order chi connectivity index (χ1) is 13.4. The van der Waals surface area contributed by atoms with Crippen LogP contribution in [0.4, 0.5) is 0 Å². The van der Waals surface area contributed by atoms with Crippen molar-refractivity contribution in [1.82, 2.24) is 9.88 Å². The molecule has 4 bridgehead atoms. The number of hydrogen-bond acceptors (Lipinski definition) is 2. The molecule has 6 rings (SSSR count). The molecule has 2 saturated heterocycles. The fourth-order valence-corrected chi connectivity index (χ4v) is 6.56. The molecule has 0 spiro atoms. The number of benzene rings is 1. The Kier molecular flexibility index (Phi) is 3.87. The van der Waals surface area contributed by atoms with Crippen molar-refractivity contribution in [1.29, 1.82) is 0 Å². The molecule has 1 aromatic heterocycles. The number of piperidine rings is 2. The summed E-state index contributed by atoms with van der Waals surface area (Å²) in [5.41, 5.74) is 2.97. The summed E-state index contributed by atoms with van der Waals surface area (Å²) < 4.78 is 0. The number of fused-ring (bicyclic) bond motifs is 1. The Hall–Kier alpha value is -2.30. The molecular weight excluding hydrogens is 352 g/mol. The van der Waals surface area contributed by atoms with Gasteiger partial charge in [0.25, 0.3) is 0 Å². The molecule has 2 saturated carbocycles. The van der Waals surface area contributed by atoms with Gasteiger partial charge in [0.2, 0.25) is 5.91 Å². The number of aliphatic carboxylic acids is 1. The van der Waals surface area contributed by atoms with Crippen molar-refractivity contribution in [2.24, 2.45) is 11.3 Å². The van der Waals surface area contributed by atoms with E-state index in [1.54, 1.807) is 0 Å². The molecule has 4 aliphatic rings. The van der Waals surface area contributed by atoms with Crippen LogP contribution in [0.3, 0.4) is 0 Å². The first-order valence-electron chi connectivity index (χ1n) is 10.5. The van der Waals surface area contributed by atoms with Gasteiger partial charge in [-0.1, -0.05) is 19.1 Å². The number of aryl methyl sites for hydroxylation is 1. The fourth-order valence-electron chi connectivity index (χ4n) is 6.56. The Bertz CT molecular complexity index is 946. The van der Waals surface area contributed by atoms with Crippen LogP contribution in [0.15, 0.2) is 24.4 Å². The molecular formula is C23H28N2O3. The third-order valence-corrected chi connectivity index (χ3v) is 7.63. The van der Waals surface area contributed by atoms with Gasteiger partial charge in [-0.15, -0.1) is 0 Å². The van der Waals surface area contributed by atoms with Crippen LogP contribution in [-0.2, 0) is 9.59 Å². The van der Waals surface area contributed by atoms with Gasteiger partial charge in [-0.25, -0.2) is 0 Å². The topological polar surface area (TPSA) is 73.4 Å². The van der Waals surface area contributed by atoms with Gasteiger partial charge in [-0.3, -0.25) is 9.59 Å². The highest BCUT2D eigenvalue weighted by Gasteiger charge is 2.58. The number of nitrogens with zero attached hydrogens (tertiary/aromatic N) is 1. The van der Waals surface area contributed by atoms with E-state index in [1.807, 2.05) is 12.3 Å². The van der Waals surface area contributed by atoms with Crippen molar-refractivity contribution in [3.63, 3.8) is 0 Å². The summed E-state index contributed by atoms with van der Waals surface area (Å²) >= 11 is 0. The van der Waals surface area contributed by atoms with Crippen LogP contribution in [-0.4, -0.2) is 39.0 Å². The smallest absolute Gasteiger partial charge is 0.309 e. The number of H-pyrrole nitrogens is 1. The summed E-state index contributed by atoms with van der Waals surface area (Å²) in [4.78, 5) is 30.6. The van der Waals surface area contributed by atoms with E-state index in [4.69, 9.17) is 0 Å². The highest BCUT2D eigenvalue weighted by molar-refractivity contribution is 5.88. The van der Waals surface area contributed by atoms with Crippen LogP contribution < -0.4 is 0 Å².